The molecule has 1 aliphatic rings. The average Bonchev–Trinajstić information content (AvgIpc) is 2.65. The van der Waals surface area contributed by atoms with Gasteiger partial charge in [0.25, 0.3) is 0 Å². The molecule has 0 saturated carbocycles. The summed E-state index contributed by atoms with van der Waals surface area (Å²) in [5.41, 5.74) is -8.73. The maximum atomic E-state index is 13.1. The van der Waals surface area contributed by atoms with Gasteiger partial charge >= 0.3 is 11.7 Å². The molecule has 5 N–H and O–H groups in total. The first-order chi connectivity index (χ1) is 13.7. The smallest absolute Gasteiger partial charge is 0.578 e. The highest BCUT2D eigenvalue weighted by atomic mass is 35.5. The van der Waals surface area contributed by atoms with Crippen LogP contribution >= 0.6 is 11.6 Å². The molecule has 0 bridgehead atoms. The van der Waals surface area contributed by atoms with Crippen molar-refractivity contribution in [3.8, 4) is 6.07 Å². The van der Waals surface area contributed by atoms with Crippen LogP contribution in [0.4, 0.5) is 32.0 Å². The van der Waals surface area contributed by atoms with Gasteiger partial charge in [-0.05, 0) is 12.1 Å². The average molecular weight is 477 g/mol. The SMILES string of the molecule is N#CC(=N)/C(=C1\Nc2c(Cl)cc(C(F)(F)F)cc2C(C(O)CO)N1)[S+]([O-])C(F)(F)F. The van der Waals surface area contributed by atoms with Gasteiger partial charge < -0.3 is 25.4 Å². The Balaban J connectivity index is 2.77. The van der Waals surface area contributed by atoms with Crippen molar-refractivity contribution in [2.75, 3.05) is 11.9 Å². The summed E-state index contributed by atoms with van der Waals surface area (Å²) in [5, 5.41) is 39.3. The third kappa shape index (κ3) is 4.76. The zero-order chi connectivity index (χ0) is 23.0. The highest BCUT2D eigenvalue weighted by Gasteiger charge is 2.51. The minimum atomic E-state index is -5.38. The lowest BCUT2D eigenvalue weighted by atomic mass is 9.95. The number of anilines is 1. The Hall–Kier alpha value is -2.18. The summed E-state index contributed by atoms with van der Waals surface area (Å²) in [7, 11) is 0. The molecule has 15 heteroatoms. The van der Waals surface area contributed by atoms with Crippen molar-refractivity contribution in [1.29, 1.82) is 10.7 Å². The van der Waals surface area contributed by atoms with Crippen LogP contribution in [0.2, 0.25) is 5.02 Å². The minimum absolute atomic E-state index is 0.360. The van der Waals surface area contributed by atoms with Crippen LogP contribution in [0.15, 0.2) is 22.9 Å². The molecule has 164 valence electrons. The highest BCUT2D eigenvalue weighted by Crippen LogP contribution is 2.43. The monoisotopic (exact) mass is 476 g/mol. The zero-order valence-corrected chi connectivity index (χ0v) is 15.9. The predicted octanol–water partition coefficient (Wildman–Crippen LogP) is 2.75. The van der Waals surface area contributed by atoms with Gasteiger partial charge in [-0.15, -0.1) is 13.2 Å². The van der Waals surface area contributed by atoms with Crippen LogP contribution in [-0.2, 0) is 17.4 Å². The molecule has 30 heavy (non-hydrogen) atoms. The van der Waals surface area contributed by atoms with Gasteiger partial charge in [-0.1, -0.05) is 11.6 Å². The first kappa shape index (κ1) is 24.1. The Bertz CT molecular complexity index is 931. The van der Waals surface area contributed by atoms with E-state index in [9.17, 15) is 41.1 Å². The van der Waals surface area contributed by atoms with Gasteiger partial charge in [-0.2, -0.15) is 18.4 Å². The van der Waals surface area contributed by atoms with Crippen LogP contribution in [0.3, 0.4) is 0 Å². The number of allylic oxidation sites excluding steroid dienone is 1. The predicted molar refractivity (Wildman–Crippen MR) is 93.6 cm³/mol. The van der Waals surface area contributed by atoms with Gasteiger partial charge in [-0.3, -0.25) is 5.41 Å². The summed E-state index contributed by atoms with van der Waals surface area (Å²) in [4.78, 5) is -1.36. The lowest BCUT2D eigenvalue weighted by Crippen LogP contribution is -2.42. The Morgan fingerprint density at radius 3 is 2.40 bits per heavy atom. The van der Waals surface area contributed by atoms with Crippen molar-refractivity contribution in [3.63, 3.8) is 0 Å². The van der Waals surface area contributed by atoms with E-state index in [4.69, 9.17) is 22.3 Å². The first-order valence-electron chi connectivity index (χ1n) is 7.67. The Labute approximate surface area is 172 Å². The van der Waals surface area contributed by atoms with Gasteiger partial charge in [0.15, 0.2) is 11.5 Å². The molecule has 0 radical (unpaired) electrons. The van der Waals surface area contributed by atoms with E-state index in [0.717, 1.165) is 6.07 Å². The molecule has 1 aliphatic heterocycles. The van der Waals surface area contributed by atoms with Crippen molar-refractivity contribution in [2.45, 2.75) is 23.8 Å². The van der Waals surface area contributed by atoms with Crippen molar-refractivity contribution in [1.82, 2.24) is 5.32 Å². The fourth-order valence-electron chi connectivity index (χ4n) is 2.57. The topological polar surface area (TPSA) is 135 Å². The number of nitrogens with one attached hydrogen (secondary N) is 3. The normalized spacial score (nSPS) is 20.2. The van der Waals surface area contributed by atoms with Gasteiger partial charge in [0.05, 0.1) is 28.9 Å². The van der Waals surface area contributed by atoms with E-state index >= 15 is 0 Å². The van der Waals surface area contributed by atoms with Crippen LogP contribution in [0.1, 0.15) is 17.2 Å². The number of halogens is 7. The Morgan fingerprint density at radius 2 is 1.93 bits per heavy atom. The van der Waals surface area contributed by atoms with Gasteiger partial charge in [0, 0.05) is 5.56 Å². The third-order valence-corrected chi connectivity index (χ3v) is 5.36. The fraction of sp³-hybridized carbons (Fsp3) is 0.333. The largest absolute Gasteiger partial charge is 0.604 e. The minimum Gasteiger partial charge on any atom is -0.604 e. The molecule has 1 heterocycles. The molecule has 0 spiro atoms. The summed E-state index contributed by atoms with van der Waals surface area (Å²) < 4.78 is 90.1. The lowest BCUT2D eigenvalue weighted by Gasteiger charge is -2.34. The van der Waals surface area contributed by atoms with Crippen molar-refractivity contribution in [2.24, 2.45) is 0 Å². The molecule has 2 rings (SSSR count). The molecule has 0 aliphatic carbocycles. The van der Waals surface area contributed by atoms with E-state index in [1.54, 1.807) is 0 Å². The number of alkyl halides is 6. The van der Waals surface area contributed by atoms with E-state index in [1.807, 2.05) is 0 Å². The van der Waals surface area contributed by atoms with Gasteiger partial charge in [0.1, 0.15) is 23.3 Å². The summed E-state index contributed by atoms with van der Waals surface area (Å²) in [5.74, 6) is -0.844. The molecular formula is C15H11ClF6N4O3S. The van der Waals surface area contributed by atoms with Crippen molar-refractivity contribution in [3.05, 3.63) is 39.0 Å². The molecule has 3 unspecified atom stereocenters. The molecule has 3 atom stereocenters. The van der Waals surface area contributed by atoms with E-state index in [1.165, 1.54) is 0 Å². The maximum absolute atomic E-state index is 13.1. The summed E-state index contributed by atoms with van der Waals surface area (Å²) in [6.07, 6.45) is -6.69. The van der Waals surface area contributed by atoms with E-state index in [2.05, 4.69) is 10.6 Å². The standard InChI is InChI=1S/C15H11ClF6N4O3S/c16-7-2-5(14(17,18)19)1-6-10(7)25-13(26-11(6)9(28)4-27)12(8(24)3-23)30(29)15(20,21)22/h1-2,9,11,24-28H,4H2/b13-12-,24-8?. The quantitative estimate of drug-likeness (QED) is 0.258. The number of fused-ring (bicyclic) bond motifs is 1. The van der Waals surface area contributed by atoms with E-state index in [-0.39, 0.29) is 5.56 Å². The van der Waals surface area contributed by atoms with Crippen LogP contribution in [0.5, 0.6) is 0 Å². The molecule has 0 fully saturated rings. The Morgan fingerprint density at radius 1 is 1.33 bits per heavy atom. The number of aliphatic hydroxyl groups excluding tert-OH is 2. The van der Waals surface area contributed by atoms with Crippen molar-refractivity contribution >= 4 is 34.2 Å². The van der Waals surface area contributed by atoms with Gasteiger partial charge in [0.2, 0.25) is 4.91 Å². The Kier molecular flexibility index (Phi) is 6.84. The lowest BCUT2D eigenvalue weighted by molar-refractivity contribution is -0.137. The maximum Gasteiger partial charge on any atom is 0.578 e. The number of benzene rings is 1. The number of hydrogen-bond donors (Lipinski definition) is 5. The van der Waals surface area contributed by atoms with Crippen LogP contribution < -0.4 is 10.6 Å². The first-order valence-corrected chi connectivity index (χ1v) is 9.20. The van der Waals surface area contributed by atoms with Crippen LogP contribution in [0.25, 0.3) is 0 Å². The molecule has 0 amide bonds. The fourth-order valence-corrected chi connectivity index (χ4v) is 3.60. The molecule has 1 aromatic rings. The summed E-state index contributed by atoms with van der Waals surface area (Å²) in [6, 6.07) is 0.474. The highest BCUT2D eigenvalue weighted by molar-refractivity contribution is 7.97. The third-order valence-electron chi connectivity index (χ3n) is 3.87. The van der Waals surface area contributed by atoms with Crippen molar-refractivity contribution < 1.29 is 41.1 Å². The second-order valence-corrected chi connectivity index (χ2v) is 7.64. The van der Waals surface area contributed by atoms with Gasteiger partial charge in [-0.25, -0.2) is 0 Å². The molecule has 0 saturated heterocycles. The van der Waals surface area contributed by atoms with Crippen LogP contribution in [0, 0.1) is 16.7 Å². The molecule has 0 aromatic heterocycles. The number of hydrogen-bond acceptors (Lipinski definition) is 7. The van der Waals surface area contributed by atoms with Crippen LogP contribution in [-0.4, -0.2) is 38.7 Å². The van der Waals surface area contributed by atoms with E-state index in [0.29, 0.717) is 12.1 Å². The molecule has 1 aromatic carbocycles. The zero-order valence-electron chi connectivity index (χ0n) is 14.3. The second-order valence-electron chi connectivity index (χ2n) is 5.82. The number of aliphatic hydroxyl groups is 2. The number of nitrogens with zero attached hydrogens (tertiary/aromatic N) is 1. The number of nitriles is 1. The van der Waals surface area contributed by atoms with E-state index < -0.39 is 74.3 Å². The summed E-state index contributed by atoms with van der Waals surface area (Å²) >= 11 is 1.95. The summed E-state index contributed by atoms with van der Waals surface area (Å²) in [6.45, 7) is -1.02. The molecule has 7 nitrogen and oxygen atoms in total. The molecular weight excluding hydrogens is 466 g/mol. The second kappa shape index (κ2) is 8.52. The number of rotatable bonds is 4.